The van der Waals surface area contributed by atoms with E-state index in [1.165, 1.54) is 0 Å². The molecule has 0 saturated carbocycles. The number of hydrogen-bond donors (Lipinski definition) is 3. The van der Waals surface area contributed by atoms with E-state index >= 15 is 0 Å². The highest BCUT2D eigenvalue weighted by atomic mass is 16.3. The van der Waals surface area contributed by atoms with Crippen molar-refractivity contribution in [3.8, 4) is 0 Å². The lowest BCUT2D eigenvalue weighted by Crippen LogP contribution is -2.37. The number of aromatic nitrogens is 2. The molecule has 98 valence electrons. The molecule has 1 aliphatic heterocycles. The molecule has 0 aromatic carbocycles. The highest BCUT2D eigenvalue weighted by Gasteiger charge is 2.21. The fraction of sp³-hybridized carbons (Fsp3) is 0.583. The third kappa shape index (κ3) is 2.95. The molecular weight excluding hydrogens is 230 g/mol. The number of nitrogen functional groups attached to an aromatic ring is 1. The first-order valence-corrected chi connectivity index (χ1v) is 6.24. The molecule has 1 aromatic rings. The number of nitrogens with two attached hydrogens (primary N) is 1. The third-order valence-corrected chi connectivity index (χ3v) is 3.26. The Morgan fingerprint density at radius 2 is 2.44 bits per heavy atom. The number of anilines is 1. The van der Waals surface area contributed by atoms with Crippen molar-refractivity contribution >= 4 is 11.8 Å². The number of piperidine rings is 1. The summed E-state index contributed by atoms with van der Waals surface area (Å²) >= 11 is 0. The molecule has 6 nitrogen and oxygen atoms in total. The summed E-state index contributed by atoms with van der Waals surface area (Å²) in [5.41, 5.74) is 5.89. The summed E-state index contributed by atoms with van der Waals surface area (Å²) in [6, 6.07) is 1.64. The Morgan fingerprint density at radius 1 is 1.61 bits per heavy atom. The maximum absolute atomic E-state index is 9.00. The van der Waals surface area contributed by atoms with Gasteiger partial charge in [-0.25, -0.2) is 9.97 Å². The Labute approximate surface area is 106 Å². The lowest BCUT2D eigenvalue weighted by atomic mass is 9.95. The van der Waals surface area contributed by atoms with Crippen LogP contribution in [0.2, 0.25) is 0 Å². The fourth-order valence-electron chi connectivity index (χ4n) is 2.32. The van der Waals surface area contributed by atoms with Crippen LogP contribution in [-0.2, 0) is 0 Å². The second-order valence-corrected chi connectivity index (χ2v) is 4.62. The molecule has 4 N–H and O–H groups in total. The number of nitrogens with zero attached hydrogens (tertiary/aromatic N) is 3. The van der Waals surface area contributed by atoms with E-state index in [9.17, 15) is 0 Å². The predicted octanol–water partition coefficient (Wildman–Crippen LogP) is 0.359. The van der Waals surface area contributed by atoms with Crippen molar-refractivity contribution in [2.75, 3.05) is 24.6 Å². The Bertz CT molecular complexity index is 421. The van der Waals surface area contributed by atoms with Crippen molar-refractivity contribution in [3.05, 3.63) is 18.0 Å². The number of nitrogens with one attached hydrogen (secondary N) is 1. The lowest BCUT2D eigenvalue weighted by molar-refractivity contribution is 0.244. The average molecular weight is 249 g/mol. The highest BCUT2D eigenvalue weighted by Crippen LogP contribution is 2.22. The molecule has 2 rings (SSSR count). The normalized spacial score (nSPS) is 19.8. The summed E-state index contributed by atoms with van der Waals surface area (Å²) in [6.07, 6.45) is 4.68. The molecule has 18 heavy (non-hydrogen) atoms. The Hall–Kier alpha value is -1.69. The van der Waals surface area contributed by atoms with Gasteiger partial charge in [0.15, 0.2) is 0 Å². The summed E-state index contributed by atoms with van der Waals surface area (Å²) in [7, 11) is 0. The first-order chi connectivity index (χ1) is 8.70. The van der Waals surface area contributed by atoms with Crippen LogP contribution in [0.3, 0.4) is 0 Å². The van der Waals surface area contributed by atoms with Crippen molar-refractivity contribution in [2.45, 2.75) is 19.3 Å². The first-order valence-electron chi connectivity index (χ1n) is 6.24. The van der Waals surface area contributed by atoms with Crippen LogP contribution in [0.25, 0.3) is 0 Å². The zero-order chi connectivity index (χ0) is 13.0. The van der Waals surface area contributed by atoms with Gasteiger partial charge in [-0.15, -0.1) is 0 Å². The van der Waals surface area contributed by atoms with Gasteiger partial charge >= 0.3 is 0 Å². The summed E-state index contributed by atoms with van der Waals surface area (Å²) in [6.45, 7) is 2.01. The van der Waals surface area contributed by atoms with E-state index < -0.39 is 0 Å². The molecule has 1 atom stereocenters. The van der Waals surface area contributed by atoms with E-state index in [0.29, 0.717) is 17.6 Å². The molecule has 1 aromatic heterocycles. The Balaban J connectivity index is 2.10. The number of aliphatic hydroxyl groups is 1. The van der Waals surface area contributed by atoms with Gasteiger partial charge in [-0.2, -0.15) is 0 Å². The minimum absolute atomic E-state index is 0.0393. The van der Waals surface area contributed by atoms with Gasteiger partial charge in [-0.3, -0.25) is 5.41 Å². The second-order valence-electron chi connectivity index (χ2n) is 4.62. The maximum Gasteiger partial charge on any atom is 0.225 e. The van der Waals surface area contributed by atoms with E-state index in [1.54, 1.807) is 12.3 Å². The summed E-state index contributed by atoms with van der Waals surface area (Å²) in [5, 5.41) is 16.4. The Kier molecular flexibility index (Phi) is 4.09. The minimum atomic E-state index is -0.0393. The highest BCUT2D eigenvalue weighted by molar-refractivity contribution is 5.93. The van der Waals surface area contributed by atoms with Crippen LogP contribution in [-0.4, -0.2) is 40.6 Å². The smallest absolute Gasteiger partial charge is 0.225 e. The van der Waals surface area contributed by atoms with Crippen LogP contribution in [0, 0.1) is 11.3 Å². The van der Waals surface area contributed by atoms with Gasteiger partial charge < -0.3 is 15.7 Å². The molecule has 0 bridgehead atoms. The monoisotopic (exact) mass is 249 g/mol. The van der Waals surface area contributed by atoms with Crippen LogP contribution >= 0.6 is 0 Å². The zero-order valence-electron chi connectivity index (χ0n) is 10.3. The zero-order valence-corrected chi connectivity index (χ0v) is 10.3. The molecule has 0 radical (unpaired) electrons. The first kappa shape index (κ1) is 12.8. The number of hydrogen-bond acceptors (Lipinski definition) is 5. The van der Waals surface area contributed by atoms with Crippen molar-refractivity contribution < 1.29 is 5.11 Å². The van der Waals surface area contributed by atoms with Crippen molar-refractivity contribution in [1.29, 1.82) is 5.41 Å². The van der Waals surface area contributed by atoms with Crippen LogP contribution in [0.15, 0.2) is 12.3 Å². The molecule has 1 saturated heterocycles. The van der Waals surface area contributed by atoms with Crippen LogP contribution in [0.5, 0.6) is 0 Å². The quantitative estimate of drug-likeness (QED) is 0.528. The number of aliphatic hydroxyl groups excluding tert-OH is 1. The van der Waals surface area contributed by atoms with E-state index in [0.717, 1.165) is 32.4 Å². The summed E-state index contributed by atoms with van der Waals surface area (Å²) < 4.78 is 0. The van der Waals surface area contributed by atoms with Crippen molar-refractivity contribution in [3.63, 3.8) is 0 Å². The number of amidine groups is 1. The summed E-state index contributed by atoms with van der Waals surface area (Å²) in [5.74, 6) is 1.08. The SMILES string of the molecule is N=C(N)c1ccnc(N2CCCC(CCO)C2)n1. The topological polar surface area (TPSA) is 99.1 Å². The van der Waals surface area contributed by atoms with Gasteiger partial charge in [-0.05, 0) is 31.2 Å². The van der Waals surface area contributed by atoms with Gasteiger partial charge in [0, 0.05) is 25.9 Å². The predicted molar refractivity (Wildman–Crippen MR) is 69.7 cm³/mol. The second kappa shape index (κ2) is 5.77. The molecule has 0 spiro atoms. The molecule has 0 aliphatic carbocycles. The summed E-state index contributed by atoms with van der Waals surface area (Å²) in [4.78, 5) is 10.6. The van der Waals surface area contributed by atoms with E-state index in [1.807, 2.05) is 0 Å². The van der Waals surface area contributed by atoms with Crippen molar-refractivity contribution in [2.24, 2.45) is 11.7 Å². The maximum atomic E-state index is 9.00. The van der Waals surface area contributed by atoms with Gasteiger partial charge in [-0.1, -0.05) is 0 Å². The van der Waals surface area contributed by atoms with Crippen LogP contribution < -0.4 is 10.6 Å². The van der Waals surface area contributed by atoms with Gasteiger partial charge in [0.25, 0.3) is 0 Å². The third-order valence-electron chi connectivity index (χ3n) is 3.26. The largest absolute Gasteiger partial charge is 0.396 e. The van der Waals surface area contributed by atoms with Gasteiger partial charge in [0.1, 0.15) is 11.5 Å². The van der Waals surface area contributed by atoms with E-state index in [2.05, 4.69) is 14.9 Å². The molecule has 1 aliphatic rings. The minimum Gasteiger partial charge on any atom is -0.396 e. The number of rotatable bonds is 4. The molecule has 0 amide bonds. The molecule has 6 heteroatoms. The molecule has 1 fully saturated rings. The Morgan fingerprint density at radius 3 is 3.17 bits per heavy atom. The molecule has 2 heterocycles. The lowest BCUT2D eigenvalue weighted by Gasteiger charge is -2.32. The average Bonchev–Trinajstić information content (AvgIpc) is 2.39. The standard InChI is InChI=1S/C12H19N5O/c13-11(14)10-3-5-15-12(16-10)17-6-1-2-9(8-17)4-7-18/h3,5,9,18H,1-2,4,6-8H2,(H3,13,14). The van der Waals surface area contributed by atoms with Gasteiger partial charge in [0.05, 0.1) is 0 Å². The van der Waals surface area contributed by atoms with Crippen molar-refractivity contribution in [1.82, 2.24) is 9.97 Å². The van der Waals surface area contributed by atoms with Crippen LogP contribution in [0.1, 0.15) is 25.0 Å². The molecular formula is C12H19N5O. The van der Waals surface area contributed by atoms with Gasteiger partial charge in [0.2, 0.25) is 5.95 Å². The molecule has 1 unspecified atom stereocenters. The fourth-order valence-corrected chi connectivity index (χ4v) is 2.32. The van der Waals surface area contributed by atoms with Crippen LogP contribution in [0.4, 0.5) is 5.95 Å². The van der Waals surface area contributed by atoms with E-state index in [-0.39, 0.29) is 12.4 Å². The van der Waals surface area contributed by atoms with E-state index in [4.69, 9.17) is 16.2 Å².